The number of rotatable bonds is 4. The number of aryl methyl sites for hydroxylation is 2. The van der Waals surface area contributed by atoms with Gasteiger partial charge in [-0.15, -0.1) is 0 Å². The van der Waals surface area contributed by atoms with Crippen molar-refractivity contribution in [1.82, 2.24) is 0 Å². The Balaban J connectivity index is 1.99. The zero-order valence-corrected chi connectivity index (χ0v) is 16.6. The Morgan fingerprint density at radius 2 is 0.964 bits per heavy atom. The second-order valence-electron chi connectivity index (χ2n) is 6.40. The Labute approximate surface area is 166 Å². The van der Waals surface area contributed by atoms with Gasteiger partial charge in [0.15, 0.2) is 0 Å². The van der Waals surface area contributed by atoms with Crippen molar-refractivity contribution in [2.24, 2.45) is 9.98 Å². The van der Waals surface area contributed by atoms with Gasteiger partial charge < -0.3 is 9.47 Å². The number of aliphatic imine (C=N–C) groups is 2. The van der Waals surface area contributed by atoms with E-state index in [1.165, 1.54) is 0 Å². The molecule has 3 aromatic rings. The smallest absolute Gasteiger partial charge is 0.221 e. The SMILES string of the molecule is CO/C(=N\c1cc(C)c(/N=C(\OC)c2ccccc2)cc1C)c1ccccc1. The zero-order valence-electron chi connectivity index (χ0n) is 16.6. The minimum atomic E-state index is 0.584. The molecule has 0 aliphatic rings. The first-order chi connectivity index (χ1) is 13.6. The number of ether oxygens (including phenoxy) is 2. The van der Waals surface area contributed by atoms with Crippen LogP contribution < -0.4 is 0 Å². The standard InChI is InChI=1S/C24H24N2O2/c1-17-15-22(26-24(28-4)20-13-9-6-10-14-20)18(2)16-21(17)25-23(27-3)19-11-7-5-8-12-19/h5-16H,1-4H3/b25-23-,26-24-. The Bertz CT molecular complexity index is 911. The lowest BCUT2D eigenvalue weighted by atomic mass is 10.1. The van der Waals surface area contributed by atoms with Gasteiger partial charge in [-0.25, -0.2) is 9.98 Å². The van der Waals surface area contributed by atoms with Crippen LogP contribution in [0.5, 0.6) is 0 Å². The summed E-state index contributed by atoms with van der Waals surface area (Å²) in [6.45, 7) is 4.04. The summed E-state index contributed by atoms with van der Waals surface area (Å²) < 4.78 is 11.0. The van der Waals surface area contributed by atoms with Gasteiger partial charge in [0.1, 0.15) is 0 Å². The van der Waals surface area contributed by atoms with E-state index in [9.17, 15) is 0 Å². The first kappa shape index (κ1) is 19.4. The van der Waals surface area contributed by atoms with Gasteiger partial charge in [0.2, 0.25) is 11.8 Å². The van der Waals surface area contributed by atoms with Crippen LogP contribution in [0.4, 0.5) is 11.4 Å². The summed E-state index contributed by atoms with van der Waals surface area (Å²) in [6.07, 6.45) is 0. The normalized spacial score (nSPS) is 12.0. The highest BCUT2D eigenvalue weighted by Gasteiger charge is 2.09. The number of hydrogen-bond donors (Lipinski definition) is 0. The number of nitrogens with zero attached hydrogens (tertiary/aromatic N) is 2. The first-order valence-electron chi connectivity index (χ1n) is 9.10. The van der Waals surface area contributed by atoms with E-state index in [1.807, 2.05) is 86.6 Å². The summed E-state index contributed by atoms with van der Waals surface area (Å²) in [4.78, 5) is 9.44. The lowest BCUT2D eigenvalue weighted by molar-refractivity contribution is 0.404. The van der Waals surface area contributed by atoms with Crippen LogP contribution in [0.15, 0.2) is 82.8 Å². The largest absolute Gasteiger partial charge is 0.481 e. The van der Waals surface area contributed by atoms with Crippen LogP contribution >= 0.6 is 0 Å². The third-order valence-electron chi connectivity index (χ3n) is 4.39. The van der Waals surface area contributed by atoms with Crippen LogP contribution in [0.2, 0.25) is 0 Å². The summed E-state index contributed by atoms with van der Waals surface area (Å²) in [7, 11) is 3.27. The molecular formula is C24H24N2O2. The van der Waals surface area contributed by atoms with Crippen molar-refractivity contribution in [3.8, 4) is 0 Å². The molecule has 0 heterocycles. The maximum absolute atomic E-state index is 5.51. The molecule has 0 aliphatic carbocycles. The second-order valence-corrected chi connectivity index (χ2v) is 6.40. The summed E-state index contributed by atoms with van der Waals surface area (Å²) in [6, 6.07) is 23.8. The van der Waals surface area contributed by atoms with Gasteiger partial charge in [-0.1, -0.05) is 36.4 Å². The Kier molecular flexibility index (Phi) is 6.22. The van der Waals surface area contributed by atoms with E-state index >= 15 is 0 Å². The van der Waals surface area contributed by atoms with Crippen LogP contribution in [-0.2, 0) is 9.47 Å². The van der Waals surface area contributed by atoms with Gasteiger partial charge in [0, 0.05) is 11.1 Å². The van der Waals surface area contributed by atoms with Gasteiger partial charge in [-0.2, -0.15) is 0 Å². The maximum atomic E-state index is 5.51. The van der Waals surface area contributed by atoms with Crippen molar-refractivity contribution in [3.63, 3.8) is 0 Å². The molecule has 0 spiro atoms. The van der Waals surface area contributed by atoms with E-state index in [1.54, 1.807) is 14.2 Å². The molecular weight excluding hydrogens is 348 g/mol. The predicted molar refractivity (Wildman–Crippen MR) is 115 cm³/mol. The Morgan fingerprint density at radius 1 is 0.607 bits per heavy atom. The average molecular weight is 372 g/mol. The highest BCUT2D eigenvalue weighted by molar-refractivity contribution is 5.97. The molecule has 4 nitrogen and oxygen atoms in total. The molecule has 0 N–H and O–H groups in total. The molecule has 0 atom stereocenters. The van der Waals surface area contributed by atoms with Crippen molar-refractivity contribution in [2.75, 3.05) is 14.2 Å². The van der Waals surface area contributed by atoms with Crippen LogP contribution in [0.1, 0.15) is 22.3 Å². The van der Waals surface area contributed by atoms with Gasteiger partial charge in [-0.05, 0) is 61.4 Å². The van der Waals surface area contributed by atoms with Crippen molar-refractivity contribution in [2.45, 2.75) is 13.8 Å². The summed E-state index contributed by atoms with van der Waals surface area (Å²) >= 11 is 0. The van der Waals surface area contributed by atoms with Gasteiger partial charge >= 0.3 is 0 Å². The van der Waals surface area contributed by atoms with Crippen LogP contribution in [-0.4, -0.2) is 26.0 Å². The van der Waals surface area contributed by atoms with E-state index in [2.05, 4.69) is 0 Å². The van der Waals surface area contributed by atoms with E-state index < -0.39 is 0 Å². The first-order valence-corrected chi connectivity index (χ1v) is 9.10. The number of benzene rings is 3. The minimum absolute atomic E-state index is 0.584. The monoisotopic (exact) mass is 372 g/mol. The molecule has 0 fully saturated rings. The molecule has 3 aromatic carbocycles. The number of methoxy groups -OCH3 is 2. The van der Waals surface area contributed by atoms with Gasteiger partial charge in [-0.3, -0.25) is 0 Å². The van der Waals surface area contributed by atoms with E-state index in [-0.39, 0.29) is 0 Å². The fourth-order valence-electron chi connectivity index (χ4n) is 2.86. The minimum Gasteiger partial charge on any atom is -0.481 e. The lowest BCUT2D eigenvalue weighted by Gasteiger charge is -2.11. The molecule has 0 bridgehead atoms. The van der Waals surface area contributed by atoms with Crippen LogP contribution in [0, 0.1) is 13.8 Å². The molecule has 28 heavy (non-hydrogen) atoms. The highest BCUT2D eigenvalue weighted by atomic mass is 16.5. The fourth-order valence-corrected chi connectivity index (χ4v) is 2.86. The van der Waals surface area contributed by atoms with Crippen molar-refractivity contribution in [1.29, 1.82) is 0 Å². The van der Waals surface area contributed by atoms with Crippen LogP contribution in [0.3, 0.4) is 0 Å². The van der Waals surface area contributed by atoms with Gasteiger partial charge in [0.25, 0.3) is 0 Å². The summed E-state index contributed by atoms with van der Waals surface area (Å²) in [5, 5.41) is 0. The average Bonchev–Trinajstić information content (AvgIpc) is 2.74. The second kappa shape index (κ2) is 9.00. The third kappa shape index (κ3) is 4.46. The molecule has 0 aromatic heterocycles. The van der Waals surface area contributed by atoms with Crippen molar-refractivity contribution in [3.05, 3.63) is 95.1 Å². The van der Waals surface area contributed by atoms with E-state index in [0.29, 0.717) is 11.8 Å². The maximum Gasteiger partial charge on any atom is 0.221 e. The molecule has 3 rings (SSSR count). The zero-order chi connectivity index (χ0) is 19.9. The summed E-state index contributed by atoms with van der Waals surface area (Å²) in [5.74, 6) is 1.17. The highest BCUT2D eigenvalue weighted by Crippen LogP contribution is 2.30. The number of hydrogen-bond acceptors (Lipinski definition) is 4. The molecule has 0 saturated carbocycles. The van der Waals surface area contributed by atoms with Gasteiger partial charge in [0.05, 0.1) is 25.6 Å². The van der Waals surface area contributed by atoms with Crippen molar-refractivity contribution < 1.29 is 9.47 Å². The molecule has 0 radical (unpaired) electrons. The third-order valence-corrected chi connectivity index (χ3v) is 4.39. The summed E-state index contributed by atoms with van der Waals surface area (Å²) in [5.41, 5.74) is 5.62. The van der Waals surface area contributed by atoms with E-state index in [0.717, 1.165) is 33.6 Å². The molecule has 0 amide bonds. The quantitative estimate of drug-likeness (QED) is 0.432. The Morgan fingerprint density at radius 3 is 1.29 bits per heavy atom. The molecule has 0 aliphatic heterocycles. The molecule has 4 heteroatoms. The molecule has 0 unspecified atom stereocenters. The Hall–Kier alpha value is -3.40. The topological polar surface area (TPSA) is 43.2 Å². The molecule has 0 saturated heterocycles. The predicted octanol–water partition coefficient (Wildman–Crippen LogP) is 5.75. The van der Waals surface area contributed by atoms with Crippen LogP contribution in [0.25, 0.3) is 0 Å². The lowest BCUT2D eigenvalue weighted by Crippen LogP contribution is -2.03. The fraction of sp³-hybridized carbons (Fsp3) is 0.167. The van der Waals surface area contributed by atoms with E-state index in [4.69, 9.17) is 19.5 Å². The molecule has 142 valence electrons. The van der Waals surface area contributed by atoms with Crippen molar-refractivity contribution >= 4 is 23.2 Å².